The van der Waals surface area contributed by atoms with E-state index in [0.29, 0.717) is 21.9 Å². The predicted octanol–water partition coefficient (Wildman–Crippen LogP) is 3.93. The Morgan fingerprint density at radius 3 is 2.72 bits per heavy atom. The number of benzene rings is 2. The number of rotatable bonds is 3. The van der Waals surface area contributed by atoms with Gasteiger partial charge in [0.05, 0.1) is 11.6 Å². The van der Waals surface area contributed by atoms with Crippen molar-refractivity contribution in [2.24, 2.45) is 0 Å². The third-order valence-electron chi connectivity index (χ3n) is 2.37. The largest absolute Gasteiger partial charge is 0.489 e. The van der Waals surface area contributed by atoms with Gasteiger partial charge in [0.25, 0.3) is 0 Å². The van der Waals surface area contributed by atoms with Crippen molar-refractivity contribution in [1.29, 1.82) is 5.26 Å². The normalized spacial score (nSPS) is 9.83. The zero-order valence-electron chi connectivity index (χ0n) is 9.36. The van der Waals surface area contributed by atoms with Gasteiger partial charge in [0.2, 0.25) is 0 Å². The first-order valence-corrected chi connectivity index (χ1v) is 5.64. The molecule has 0 heterocycles. The van der Waals surface area contributed by atoms with Crippen molar-refractivity contribution in [1.82, 2.24) is 0 Å². The number of nitrogens with zero attached hydrogens (tertiary/aromatic N) is 1. The van der Waals surface area contributed by atoms with Crippen molar-refractivity contribution in [2.45, 2.75) is 6.61 Å². The van der Waals surface area contributed by atoms with Gasteiger partial charge in [-0.3, -0.25) is 0 Å². The molecule has 2 rings (SSSR count). The highest BCUT2D eigenvalue weighted by Gasteiger charge is 2.04. The highest BCUT2D eigenvalue weighted by atomic mass is 35.5. The third kappa shape index (κ3) is 2.99. The average molecular weight is 262 g/mol. The van der Waals surface area contributed by atoms with Crippen LogP contribution in [-0.2, 0) is 6.61 Å². The quantitative estimate of drug-likeness (QED) is 0.839. The van der Waals surface area contributed by atoms with E-state index in [-0.39, 0.29) is 6.61 Å². The lowest BCUT2D eigenvalue weighted by Gasteiger charge is -2.07. The van der Waals surface area contributed by atoms with Gasteiger partial charge in [-0.1, -0.05) is 23.7 Å². The molecule has 0 spiro atoms. The van der Waals surface area contributed by atoms with Crippen LogP contribution in [0.2, 0.25) is 5.02 Å². The molecule has 0 aliphatic carbocycles. The molecule has 0 aromatic heterocycles. The molecule has 0 atom stereocenters. The van der Waals surface area contributed by atoms with E-state index in [1.165, 1.54) is 6.07 Å². The lowest BCUT2D eigenvalue weighted by molar-refractivity contribution is 0.300. The summed E-state index contributed by atoms with van der Waals surface area (Å²) in [5, 5.41) is 9.19. The highest BCUT2D eigenvalue weighted by Crippen LogP contribution is 2.19. The first-order valence-electron chi connectivity index (χ1n) is 5.26. The Balaban J connectivity index is 2.09. The smallest absolute Gasteiger partial charge is 0.131 e. The highest BCUT2D eigenvalue weighted by molar-refractivity contribution is 6.30. The summed E-state index contributed by atoms with van der Waals surface area (Å²) in [7, 11) is 0. The lowest BCUT2D eigenvalue weighted by Crippen LogP contribution is -1.98. The molecule has 0 aliphatic heterocycles. The molecule has 4 heteroatoms. The number of halogens is 2. The van der Waals surface area contributed by atoms with Crippen molar-refractivity contribution < 1.29 is 9.13 Å². The molecule has 0 amide bonds. The molecule has 0 saturated heterocycles. The minimum absolute atomic E-state index is 0.0951. The standard InChI is InChI=1S/C14H9ClFNO/c15-12-2-1-3-13(7-12)18-9-11-5-4-10(8-17)6-14(11)16/h1-7H,9H2. The molecule has 90 valence electrons. The van der Waals surface area contributed by atoms with E-state index in [9.17, 15) is 4.39 Å². The molecule has 0 radical (unpaired) electrons. The van der Waals surface area contributed by atoms with Crippen LogP contribution in [0.3, 0.4) is 0 Å². The Labute approximate surface area is 109 Å². The van der Waals surface area contributed by atoms with Gasteiger partial charge in [-0.15, -0.1) is 0 Å². The van der Waals surface area contributed by atoms with Gasteiger partial charge in [0.15, 0.2) is 0 Å². The third-order valence-corrected chi connectivity index (χ3v) is 2.61. The second-order valence-corrected chi connectivity index (χ2v) is 4.10. The summed E-state index contributed by atoms with van der Waals surface area (Å²) in [6.07, 6.45) is 0. The predicted molar refractivity (Wildman–Crippen MR) is 66.9 cm³/mol. The molecule has 2 aromatic carbocycles. The van der Waals surface area contributed by atoms with Crippen LogP contribution in [0.4, 0.5) is 4.39 Å². The molecule has 0 N–H and O–H groups in total. The second-order valence-electron chi connectivity index (χ2n) is 3.66. The van der Waals surface area contributed by atoms with Gasteiger partial charge in [-0.25, -0.2) is 4.39 Å². The number of hydrogen-bond donors (Lipinski definition) is 0. The fraction of sp³-hybridized carbons (Fsp3) is 0.0714. The van der Waals surface area contributed by atoms with Crippen LogP contribution in [-0.4, -0.2) is 0 Å². The monoisotopic (exact) mass is 261 g/mol. The Hall–Kier alpha value is -2.05. The van der Waals surface area contributed by atoms with Crippen LogP contribution in [0.1, 0.15) is 11.1 Å². The Bertz CT molecular complexity index is 607. The minimum atomic E-state index is -0.448. The second kappa shape index (κ2) is 5.52. The molecule has 0 bridgehead atoms. The van der Waals surface area contributed by atoms with E-state index in [4.69, 9.17) is 21.6 Å². The van der Waals surface area contributed by atoms with E-state index in [1.807, 2.05) is 6.07 Å². The van der Waals surface area contributed by atoms with Gasteiger partial charge in [0, 0.05) is 10.6 Å². The average Bonchev–Trinajstić information content (AvgIpc) is 2.37. The summed E-state index contributed by atoms with van der Waals surface area (Å²) in [6, 6.07) is 13.1. The van der Waals surface area contributed by atoms with Crippen molar-refractivity contribution in [3.05, 3.63) is 64.4 Å². The molecule has 18 heavy (non-hydrogen) atoms. The number of hydrogen-bond acceptors (Lipinski definition) is 2. The van der Waals surface area contributed by atoms with E-state index in [1.54, 1.807) is 36.4 Å². The lowest BCUT2D eigenvalue weighted by atomic mass is 10.1. The maximum absolute atomic E-state index is 13.6. The first-order chi connectivity index (χ1) is 8.69. The topological polar surface area (TPSA) is 33.0 Å². The van der Waals surface area contributed by atoms with Gasteiger partial charge >= 0.3 is 0 Å². The zero-order valence-corrected chi connectivity index (χ0v) is 10.1. The van der Waals surface area contributed by atoms with Gasteiger partial charge in [-0.05, 0) is 30.3 Å². The van der Waals surface area contributed by atoms with Crippen molar-refractivity contribution in [3.63, 3.8) is 0 Å². The molecule has 0 saturated carbocycles. The van der Waals surface area contributed by atoms with Crippen molar-refractivity contribution in [2.75, 3.05) is 0 Å². The summed E-state index contributed by atoms with van der Waals surface area (Å²) in [4.78, 5) is 0. The fourth-order valence-corrected chi connectivity index (χ4v) is 1.63. The Morgan fingerprint density at radius 1 is 1.22 bits per heavy atom. The molecule has 2 nitrogen and oxygen atoms in total. The molecule has 2 aromatic rings. The summed E-state index contributed by atoms with van der Waals surface area (Å²) in [5.41, 5.74) is 0.688. The number of nitriles is 1. The Kier molecular flexibility index (Phi) is 3.81. The number of ether oxygens (including phenoxy) is 1. The molecular weight excluding hydrogens is 253 g/mol. The van der Waals surface area contributed by atoms with E-state index < -0.39 is 5.82 Å². The summed E-state index contributed by atoms with van der Waals surface area (Å²) < 4.78 is 19.0. The van der Waals surface area contributed by atoms with Gasteiger partial charge < -0.3 is 4.74 Å². The Morgan fingerprint density at radius 2 is 2.06 bits per heavy atom. The van der Waals surface area contributed by atoms with Crippen LogP contribution < -0.4 is 4.74 Å². The molecule has 0 unspecified atom stereocenters. The van der Waals surface area contributed by atoms with Crippen molar-refractivity contribution >= 4 is 11.6 Å². The van der Waals surface area contributed by atoms with Crippen LogP contribution in [0, 0.1) is 17.1 Å². The maximum Gasteiger partial charge on any atom is 0.131 e. The SMILES string of the molecule is N#Cc1ccc(COc2cccc(Cl)c2)c(F)c1. The first kappa shape index (κ1) is 12.4. The van der Waals surface area contributed by atoms with E-state index >= 15 is 0 Å². The minimum Gasteiger partial charge on any atom is -0.489 e. The summed E-state index contributed by atoms with van der Waals surface area (Å²) in [5.74, 6) is 0.127. The van der Waals surface area contributed by atoms with Crippen LogP contribution >= 0.6 is 11.6 Å². The van der Waals surface area contributed by atoms with Gasteiger partial charge in [-0.2, -0.15) is 5.26 Å². The molecule has 0 aliphatic rings. The fourth-order valence-electron chi connectivity index (χ4n) is 1.45. The molecular formula is C14H9ClFNO. The van der Waals surface area contributed by atoms with Crippen LogP contribution in [0.15, 0.2) is 42.5 Å². The van der Waals surface area contributed by atoms with E-state index in [0.717, 1.165) is 0 Å². The zero-order chi connectivity index (χ0) is 13.0. The van der Waals surface area contributed by atoms with Crippen LogP contribution in [0.5, 0.6) is 5.75 Å². The maximum atomic E-state index is 13.6. The van der Waals surface area contributed by atoms with E-state index in [2.05, 4.69) is 0 Å². The molecule has 0 fully saturated rings. The van der Waals surface area contributed by atoms with Gasteiger partial charge in [0.1, 0.15) is 18.2 Å². The summed E-state index contributed by atoms with van der Waals surface area (Å²) >= 11 is 5.81. The van der Waals surface area contributed by atoms with Crippen LogP contribution in [0.25, 0.3) is 0 Å². The van der Waals surface area contributed by atoms with Crippen molar-refractivity contribution in [3.8, 4) is 11.8 Å². The summed E-state index contributed by atoms with van der Waals surface area (Å²) in [6.45, 7) is 0.0951.